The Balaban J connectivity index is 2.22. The van der Waals surface area contributed by atoms with Crippen LogP contribution in [0, 0.1) is 23.2 Å². The van der Waals surface area contributed by atoms with Gasteiger partial charge in [-0.05, 0) is 48.9 Å². The van der Waals surface area contributed by atoms with Crippen molar-refractivity contribution in [2.45, 2.75) is 105 Å². The van der Waals surface area contributed by atoms with Gasteiger partial charge in [-0.1, -0.05) is 97.1 Å². The molecule has 1 nitrogen and oxygen atoms in total. The van der Waals surface area contributed by atoms with Crippen LogP contribution in [0.15, 0.2) is 18.2 Å². The molecule has 1 saturated carbocycles. The largest absolute Gasteiger partial charge is 0.359 e. The van der Waals surface area contributed by atoms with Gasteiger partial charge in [0.1, 0.15) is 5.54 Å². The first kappa shape index (κ1) is 21.6. The summed E-state index contributed by atoms with van der Waals surface area (Å²) in [7, 11) is 0. The summed E-state index contributed by atoms with van der Waals surface area (Å²) in [4.78, 5) is 0. The van der Waals surface area contributed by atoms with Gasteiger partial charge in [0.25, 0.3) is 0 Å². The van der Waals surface area contributed by atoms with Gasteiger partial charge in [-0.25, -0.2) is 0 Å². The number of nitrogens with zero attached hydrogens (tertiary/aromatic N) is 1. The minimum absolute atomic E-state index is 0.110. The topological polar surface area (TPSA) is 3.01 Å². The first-order valence-corrected chi connectivity index (χ1v) is 11.7. The second-order valence-corrected chi connectivity index (χ2v) is 11.4. The fraction of sp³-hybridized carbons (Fsp3) is 0.741. The van der Waals surface area contributed by atoms with E-state index in [4.69, 9.17) is 0 Å². The Morgan fingerprint density at radius 2 is 1.54 bits per heavy atom. The Kier molecular flexibility index (Phi) is 5.87. The van der Waals surface area contributed by atoms with Gasteiger partial charge in [0.15, 0.2) is 0 Å². The van der Waals surface area contributed by atoms with E-state index in [1.807, 2.05) is 0 Å². The van der Waals surface area contributed by atoms with E-state index in [9.17, 15) is 0 Å². The molecule has 0 bridgehead atoms. The molecule has 156 valence electrons. The summed E-state index contributed by atoms with van der Waals surface area (Å²) in [6.07, 6.45) is 9.48. The summed E-state index contributed by atoms with van der Waals surface area (Å²) in [6, 6.07) is 6.95. The predicted octanol–water partition coefficient (Wildman–Crippen LogP) is 7.79. The van der Waals surface area contributed by atoms with Crippen molar-refractivity contribution in [3.63, 3.8) is 0 Å². The van der Waals surface area contributed by atoms with Gasteiger partial charge in [-0.3, -0.25) is 0 Å². The van der Waals surface area contributed by atoms with E-state index in [0.717, 1.165) is 17.8 Å². The molecule has 0 amide bonds. The van der Waals surface area contributed by atoms with Gasteiger partial charge >= 0.3 is 0 Å². The minimum Gasteiger partial charge on any atom is -0.359 e. The van der Waals surface area contributed by atoms with Gasteiger partial charge in [-0.2, -0.15) is 0 Å². The number of rotatable bonds is 4. The lowest BCUT2D eigenvalue weighted by Crippen LogP contribution is -2.41. The first-order valence-electron chi connectivity index (χ1n) is 11.7. The molecule has 3 rings (SSSR count). The van der Waals surface area contributed by atoms with Crippen molar-refractivity contribution in [3.05, 3.63) is 29.3 Å². The average molecular weight is 382 g/mol. The van der Waals surface area contributed by atoms with Crippen LogP contribution in [0.5, 0.6) is 0 Å². The first-order chi connectivity index (χ1) is 13.0. The Labute approximate surface area is 174 Å². The number of para-hydroxylation sites is 1. The molecule has 3 atom stereocenters. The predicted molar refractivity (Wildman–Crippen MR) is 122 cm³/mol. The third-order valence-corrected chi connectivity index (χ3v) is 7.45. The highest BCUT2D eigenvalue weighted by Crippen LogP contribution is 2.55. The van der Waals surface area contributed by atoms with Crippen molar-refractivity contribution >= 4 is 11.9 Å². The van der Waals surface area contributed by atoms with Crippen molar-refractivity contribution < 1.29 is 4.58 Å². The van der Waals surface area contributed by atoms with Crippen LogP contribution in [0.25, 0.3) is 0 Å². The molecule has 1 spiro atoms. The van der Waals surface area contributed by atoms with E-state index >= 15 is 0 Å². The molecular weight excluding hydrogens is 338 g/mol. The van der Waals surface area contributed by atoms with E-state index in [2.05, 4.69) is 91.3 Å². The van der Waals surface area contributed by atoms with Gasteiger partial charge in [-0.15, -0.1) is 0 Å². The maximum Gasteiger partial charge on any atom is 0.129 e. The average Bonchev–Trinajstić information content (AvgIpc) is 2.83. The Morgan fingerprint density at radius 1 is 0.964 bits per heavy atom. The fourth-order valence-electron chi connectivity index (χ4n) is 6.31. The smallest absolute Gasteiger partial charge is 0.129 e. The normalized spacial score (nSPS) is 29.9. The van der Waals surface area contributed by atoms with E-state index in [0.29, 0.717) is 11.8 Å². The molecular formula is C27H43N. The van der Waals surface area contributed by atoms with Crippen molar-refractivity contribution in [1.29, 1.82) is 0 Å². The van der Waals surface area contributed by atoms with Crippen LogP contribution in [0.2, 0.25) is 0 Å². The Bertz CT molecular complexity index is 710. The highest BCUT2D eigenvalue weighted by Gasteiger charge is 2.52. The molecule has 0 aromatic heterocycles. The maximum absolute atomic E-state index is 4.20. The quantitative estimate of drug-likeness (QED) is 0.370. The van der Waals surface area contributed by atoms with Crippen LogP contribution in [0.4, 0.5) is 5.69 Å². The monoisotopic (exact) mass is 381 g/mol. The zero-order valence-corrected chi connectivity index (χ0v) is 19.9. The van der Waals surface area contributed by atoms with E-state index in [1.165, 1.54) is 42.5 Å². The Hall–Kier alpha value is -1.11. The van der Waals surface area contributed by atoms with Crippen molar-refractivity contribution in [2.24, 2.45) is 23.2 Å². The number of hydrogen-bond acceptors (Lipinski definition) is 0. The lowest BCUT2D eigenvalue weighted by atomic mass is 9.58. The lowest BCUT2D eigenvalue weighted by molar-refractivity contribution is -0.513. The van der Waals surface area contributed by atoms with E-state index in [-0.39, 0.29) is 11.0 Å². The van der Waals surface area contributed by atoms with Crippen LogP contribution in [0.3, 0.4) is 0 Å². The molecule has 1 fully saturated rings. The SMILES string of the molecule is CC(C)c1cccc(C(C)C)c1[N+]1=[C-][C@]2(C[C@H](C)CC[C@H]2C(C)C)CC1(C)C. The zero-order valence-electron chi connectivity index (χ0n) is 19.9. The molecule has 1 aliphatic carbocycles. The van der Waals surface area contributed by atoms with Crippen LogP contribution in [-0.4, -0.2) is 16.3 Å². The van der Waals surface area contributed by atoms with Crippen molar-refractivity contribution in [3.8, 4) is 0 Å². The second-order valence-electron chi connectivity index (χ2n) is 11.4. The minimum atomic E-state index is 0.110. The van der Waals surface area contributed by atoms with Crippen molar-refractivity contribution in [2.75, 3.05) is 0 Å². The molecule has 28 heavy (non-hydrogen) atoms. The van der Waals surface area contributed by atoms with Crippen LogP contribution in [-0.2, 0) is 0 Å². The van der Waals surface area contributed by atoms with Crippen LogP contribution < -0.4 is 0 Å². The number of hydrogen-bond donors (Lipinski definition) is 0. The molecule has 0 N–H and O–H groups in total. The molecule has 1 heteroatoms. The molecule has 0 saturated heterocycles. The van der Waals surface area contributed by atoms with E-state index in [1.54, 1.807) is 0 Å². The molecule has 2 aliphatic rings. The zero-order chi connectivity index (χ0) is 20.9. The number of benzene rings is 1. The summed E-state index contributed by atoms with van der Waals surface area (Å²) >= 11 is 0. The maximum atomic E-state index is 4.20. The molecule has 1 aliphatic heterocycles. The highest BCUT2D eigenvalue weighted by atomic mass is 15.1. The summed E-state index contributed by atoms with van der Waals surface area (Å²) < 4.78 is 2.60. The lowest BCUT2D eigenvalue weighted by Gasteiger charge is -2.46. The van der Waals surface area contributed by atoms with E-state index < -0.39 is 0 Å². The van der Waals surface area contributed by atoms with Crippen LogP contribution in [0.1, 0.15) is 111 Å². The molecule has 0 radical (unpaired) electrons. The third-order valence-electron chi connectivity index (χ3n) is 7.45. The summed E-state index contributed by atoms with van der Waals surface area (Å²) in [5.41, 5.74) is 4.75. The third kappa shape index (κ3) is 3.71. The molecule has 0 unspecified atom stereocenters. The standard InChI is InChI=1S/C27H43N/c1-18(2)22-11-10-12-23(19(3)4)25(22)28-17-27(16-26(28,8)9)15-21(7)13-14-24(27)20(5)6/h10-12,18-21,24H,13-16H2,1-9H3/t21-,24+,27+/m1/s1. The highest BCUT2D eigenvalue weighted by molar-refractivity contribution is 5.68. The van der Waals surface area contributed by atoms with Gasteiger partial charge < -0.3 is 4.58 Å². The van der Waals surface area contributed by atoms with Crippen molar-refractivity contribution in [1.82, 2.24) is 0 Å². The van der Waals surface area contributed by atoms with Gasteiger partial charge in [0.2, 0.25) is 0 Å². The van der Waals surface area contributed by atoms with Crippen LogP contribution >= 0.6 is 0 Å². The molecule has 1 heterocycles. The molecule has 1 aromatic carbocycles. The second kappa shape index (κ2) is 7.62. The molecule has 1 aromatic rings. The summed E-state index contributed by atoms with van der Waals surface area (Å²) in [6.45, 7) is 21.6. The van der Waals surface area contributed by atoms with Gasteiger partial charge in [0.05, 0.1) is 5.69 Å². The summed E-state index contributed by atoms with van der Waals surface area (Å²) in [5.74, 6) is 3.33. The summed E-state index contributed by atoms with van der Waals surface area (Å²) in [5, 5.41) is 0. The fourth-order valence-corrected chi connectivity index (χ4v) is 6.31. The van der Waals surface area contributed by atoms with Gasteiger partial charge in [0, 0.05) is 12.6 Å². The Morgan fingerprint density at radius 3 is 2.04 bits per heavy atom.